The van der Waals surface area contributed by atoms with Gasteiger partial charge in [-0.15, -0.1) is 0 Å². The van der Waals surface area contributed by atoms with Crippen LogP contribution in [-0.2, 0) is 0 Å². The number of benzene rings is 1. The number of nitrogens with zero attached hydrogens (tertiary/aromatic N) is 1. The first-order valence-corrected chi connectivity index (χ1v) is 8.03. The molecule has 3 rings (SSSR count). The van der Waals surface area contributed by atoms with Crippen molar-refractivity contribution in [2.75, 3.05) is 26.2 Å². The Kier molecular flexibility index (Phi) is 4.74. The molecule has 1 saturated carbocycles. The number of hydrogen-bond acceptors (Lipinski definition) is 2. The first-order valence-electron chi connectivity index (χ1n) is 8.03. The highest BCUT2D eigenvalue weighted by molar-refractivity contribution is 5.21. The molecule has 0 N–H and O–H groups in total. The third-order valence-corrected chi connectivity index (χ3v) is 4.50. The van der Waals surface area contributed by atoms with Gasteiger partial charge in [0.15, 0.2) is 0 Å². The number of rotatable bonds is 4. The summed E-state index contributed by atoms with van der Waals surface area (Å²) in [7, 11) is 0. The van der Waals surface area contributed by atoms with Crippen LogP contribution >= 0.6 is 0 Å². The van der Waals surface area contributed by atoms with Gasteiger partial charge in [0.1, 0.15) is 5.75 Å². The first kappa shape index (κ1) is 15.4. The summed E-state index contributed by atoms with van der Waals surface area (Å²) in [5.41, 5.74) is 1.04. The molecule has 1 heterocycles. The topological polar surface area (TPSA) is 12.5 Å². The van der Waals surface area contributed by atoms with Gasteiger partial charge in [-0.25, -0.2) is 0 Å². The summed E-state index contributed by atoms with van der Waals surface area (Å²) in [5.74, 6) is 1.00. The Bertz CT molecular complexity index is 401. The van der Waals surface area contributed by atoms with E-state index in [1.165, 1.54) is 32.5 Å². The van der Waals surface area contributed by atoms with Gasteiger partial charge in [-0.05, 0) is 36.9 Å². The van der Waals surface area contributed by atoms with Gasteiger partial charge in [0.25, 0.3) is 0 Å². The van der Waals surface area contributed by atoms with Gasteiger partial charge < -0.3 is 9.64 Å². The fourth-order valence-corrected chi connectivity index (χ4v) is 3.98. The molecule has 2 nitrogen and oxygen atoms in total. The van der Waals surface area contributed by atoms with E-state index in [0.29, 0.717) is 10.8 Å². The molecule has 112 valence electrons. The van der Waals surface area contributed by atoms with Gasteiger partial charge in [-0.2, -0.15) is 0 Å². The van der Waals surface area contributed by atoms with Crippen molar-refractivity contribution < 1.29 is 4.74 Å². The van der Waals surface area contributed by atoms with Gasteiger partial charge in [0.2, 0.25) is 0 Å². The summed E-state index contributed by atoms with van der Waals surface area (Å²) in [4.78, 5) is 2.54. The van der Waals surface area contributed by atoms with E-state index < -0.39 is 0 Å². The van der Waals surface area contributed by atoms with Crippen LogP contribution in [-0.4, -0.2) is 31.1 Å². The second-order valence-corrected chi connectivity index (χ2v) is 6.57. The maximum absolute atomic E-state index is 5.91. The van der Waals surface area contributed by atoms with E-state index in [9.17, 15) is 0 Å². The molecule has 2 fully saturated rings. The van der Waals surface area contributed by atoms with E-state index in [1.807, 2.05) is 44.2 Å². The van der Waals surface area contributed by atoms with Gasteiger partial charge >= 0.3 is 0 Å². The second-order valence-electron chi connectivity index (χ2n) is 6.57. The molecule has 2 aliphatic rings. The molecule has 1 aliphatic heterocycles. The molecular formula is C18H29NO. The smallest absolute Gasteiger partial charge is 0.119 e. The van der Waals surface area contributed by atoms with Crippen molar-refractivity contribution in [1.82, 2.24) is 4.90 Å². The molecule has 0 aromatic heterocycles. The summed E-state index contributed by atoms with van der Waals surface area (Å²) < 4.78 is 5.91. The van der Waals surface area contributed by atoms with Crippen LogP contribution in [0.4, 0.5) is 0 Å². The normalized spacial score (nSPS) is 22.2. The lowest BCUT2D eigenvalue weighted by molar-refractivity contribution is -0.146. The van der Waals surface area contributed by atoms with Crippen molar-refractivity contribution in [3.8, 4) is 5.75 Å². The summed E-state index contributed by atoms with van der Waals surface area (Å²) >= 11 is 0. The van der Waals surface area contributed by atoms with E-state index >= 15 is 0 Å². The van der Waals surface area contributed by atoms with Crippen molar-refractivity contribution >= 4 is 0 Å². The molecule has 1 aromatic rings. The van der Waals surface area contributed by atoms with Gasteiger partial charge in [-0.3, -0.25) is 0 Å². The number of likely N-dealkylation sites (tertiary alicyclic amines) is 1. The molecular weight excluding hydrogens is 246 g/mol. The highest BCUT2D eigenvalue weighted by Crippen LogP contribution is 2.58. The first-order chi connectivity index (χ1) is 9.63. The van der Waals surface area contributed by atoms with Crippen LogP contribution in [0.2, 0.25) is 0 Å². The Labute approximate surface area is 124 Å². The van der Waals surface area contributed by atoms with Crippen LogP contribution in [0.25, 0.3) is 0 Å². The highest BCUT2D eigenvalue weighted by Gasteiger charge is 2.57. The largest absolute Gasteiger partial charge is 0.493 e. The van der Waals surface area contributed by atoms with Crippen LogP contribution in [0, 0.1) is 10.8 Å². The molecule has 1 aliphatic carbocycles. The maximum atomic E-state index is 5.91. The van der Waals surface area contributed by atoms with Crippen LogP contribution in [0.5, 0.6) is 5.75 Å². The lowest BCUT2D eigenvalue weighted by Gasteiger charge is -2.63. The Morgan fingerprint density at radius 1 is 1.10 bits per heavy atom. The molecule has 20 heavy (non-hydrogen) atoms. The zero-order valence-electron chi connectivity index (χ0n) is 13.5. The molecule has 0 radical (unpaired) electrons. The Morgan fingerprint density at radius 2 is 1.70 bits per heavy atom. The Morgan fingerprint density at radius 3 is 2.25 bits per heavy atom. The second kappa shape index (κ2) is 6.17. The minimum absolute atomic E-state index is 0.398. The third kappa shape index (κ3) is 3.17. The quantitative estimate of drug-likeness (QED) is 0.816. The maximum Gasteiger partial charge on any atom is 0.119 e. The zero-order chi connectivity index (χ0) is 14.6. The average molecular weight is 275 g/mol. The lowest BCUT2D eigenvalue weighted by Crippen LogP contribution is -2.65. The third-order valence-electron chi connectivity index (χ3n) is 4.50. The average Bonchev–Trinajstić information content (AvgIpc) is 2.43. The predicted octanol–water partition coefficient (Wildman–Crippen LogP) is 4.21. The highest BCUT2D eigenvalue weighted by atomic mass is 16.5. The van der Waals surface area contributed by atoms with E-state index in [1.54, 1.807) is 0 Å². The van der Waals surface area contributed by atoms with Crippen LogP contribution in [0.3, 0.4) is 0 Å². The van der Waals surface area contributed by atoms with Gasteiger partial charge in [0, 0.05) is 18.5 Å². The zero-order valence-corrected chi connectivity index (χ0v) is 13.5. The van der Waals surface area contributed by atoms with E-state index in [2.05, 4.69) is 18.7 Å². The molecule has 0 bridgehead atoms. The standard InChI is InChI=1S/C16H23NO.C2H6/c1-3-17-11-16(12-17)9-15(2,10-16)13-18-14-7-5-4-6-8-14;1-2/h4-8H,3,9-13H2,1-2H3;1-2H3. The van der Waals surface area contributed by atoms with E-state index in [-0.39, 0.29) is 0 Å². The molecule has 0 atom stereocenters. The SMILES string of the molecule is CC.CCN1CC2(C1)CC(C)(COc1ccccc1)C2. The van der Waals surface area contributed by atoms with Crippen molar-refractivity contribution in [3.05, 3.63) is 30.3 Å². The minimum atomic E-state index is 0.398. The Hall–Kier alpha value is -1.02. The van der Waals surface area contributed by atoms with Crippen molar-refractivity contribution in [2.24, 2.45) is 10.8 Å². The molecule has 2 heteroatoms. The van der Waals surface area contributed by atoms with Crippen LogP contribution in [0.1, 0.15) is 40.5 Å². The molecule has 0 unspecified atom stereocenters. The monoisotopic (exact) mass is 275 g/mol. The summed E-state index contributed by atoms with van der Waals surface area (Å²) in [6.07, 6.45) is 2.67. The van der Waals surface area contributed by atoms with Crippen LogP contribution in [0.15, 0.2) is 30.3 Å². The van der Waals surface area contributed by atoms with Crippen LogP contribution < -0.4 is 4.74 Å². The van der Waals surface area contributed by atoms with E-state index in [0.717, 1.165) is 12.4 Å². The van der Waals surface area contributed by atoms with Crippen molar-refractivity contribution in [2.45, 2.75) is 40.5 Å². The van der Waals surface area contributed by atoms with E-state index in [4.69, 9.17) is 4.74 Å². The number of ether oxygens (including phenoxy) is 1. The van der Waals surface area contributed by atoms with Crippen molar-refractivity contribution in [3.63, 3.8) is 0 Å². The fraction of sp³-hybridized carbons (Fsp3) is 0.667. The molecule has 1 aromatic carbocycles. The number of hydrogen-bond donors (Lipinski definition) is 0. The van der Waals surface area contributed by atoms with Gasteiger partial charge in [-0.1, -0.05) is 45.9 Å². The molecule has 0 amide bonds. The summed E-state index contributed by atoms with van der Waals surface area (Å²) in [6, 6.07) is 10.2. The Balaban J connectivity index is 0.000000704. The minimum Gasteiger partial charge on any atom is -0.493 e. The van der Waals surface area contributed by atoms with Crippen molar-refractivity contribution in [1.29, 1.82) is 0 Å². The molecule has 1 spiro atoms. The van der Waals surface area contributed by atoms with Gasteiger partial charge in [0.05, 0.1) is 6.61 Å². The lowest BCUT2D eigenvalue weighted by atomic mass is 9.50. The fourth-order valence-electron chi connectivity index (χ4n) is 3.98. The summed E-state index contributed by atoms with van der Waals surface area (Å²) in [5, 5.41) is 0. The summed E-state index contributed by atoms with van der Waals surface area (Å²) in [6.45, 7) is 13.3. The number of para-hydroxylation sites is 1. The predicted molar refractivity (Wildman–Crippen MR) is 85.2 cm³/mol. The molecule has 1 saturated heterocycles.